The van der Waals surface area contributed by atoms with E-state index < -0.39 is 0 Å². The number of amides is 1. The Morgan fingerprint density at radius 3 is 2.59 bits per heavy atom. The Morgan fingerprint density at radius 1 is 1.12 bits per heavy atom. The zero-order valence-electron chi connectivity index (χ0n) is 17.6. The van der Waals surface area contributed by atoms with Gasteiger partial charge in [-0.15, -0.1) is 6.42 Å². The molecule has 0 unspecified atom stereocenters. The molecule has 7 nitrogen and oxygen atoms in total. The van der Waals surface area contributed by atoms with Crippen molar-refractivity contribution in [2.75, 3.05) is 18.6 Å². The maximum absolute atomic E-state index is 13.0. The number of ether oxygens (including phenoxy) is 1. The zero-order valence-corrected chi connectivity index (χ0v) is 17.6. The van der Waals surface area contributed by atoms with Crippen LogP contribution in [0.1, 0.15) is 23.0 Å². The van der Waals surface area contributed by atoms with Crippen molar-refractivity contribution in [1.82, 2.24) is 14.4 Å². The minimum atomic E-state index is -0.231. The molecular weight excluding hydrogens is 404 g/mol. The first-order valence-electron chi connectivity index (χ1n) is 9.86. The molecule has 0 aliphatic heterocycles. The van der Waals surface area contributed by atoms with Crippen LogP contribution in [0.2, 0.25) is 0 Å². The van der Waals surface area contributed by atoms with Crippen molar-refractivity contribution in [2.24, 2.45) is 0 Å². The van der Waals surface area contributed by atoms with Crippen LogP contribution < -0.4 is 9.64 Å². The number of benzene rings is 2. The highest BCUT2D eigenvalue weighted by atomic mass is 16.5. The van der Waals surface area contributed by atoms with Crippen molar-refractivity contribution in [3.8, 4) is 29.4 Å². The molecular formula is C25H20N4O3. The van der Waals surface area contributed by atoms with Crippen LogP contribution in [0.3, 0.4) is 0 Å². The number of aromatic nitrogens is 3. The highest BCUT2D eigenvalue weighted by molar-refractivity contribution is 6.11. The van der Waals surface area contributed by atoms with Crippen molar-refractivity contribution in [3.05, 3.63) is 78.4 Å². The standard InChI is InChI=1S/C25H20N4O3/c1-4-14-28(17(2)30)20-7-5-6-19(15-20)22-12-13-26-25-23(27-16-29(22)25)24(31)18-8-10-21(32-3)11-9-18/h1,5-13,15-16H,14H2,2-3H3. The van der Waals surface area contributed by atoms with Crippen LogP contribution in [0.4, 0.5) is 5.69 Å². The summed E-state index contributed by atoms with van der Waals surface area (Å²) in [6, 6.07) is 16.1. The molecule has 4 rings (SSSR count). The average molecular weight is 424 g/mol. The quantitative estimate of drug-likeness (QED) is 0.349. The molecule has 32 heavy (non-hydrogen) atoms. The molecule has 0 radical (unpaired) electrons. The maximum Gasteiger partial charge on any atom is 0.224 e. The Kier molecular flexibility index (Phi) is 5.69. The van der Waals surface area contributed by atoms with Crippen LogP contribution in [-0.2, 0) is 4.79 Å². The lowest BCUT2D eigenvalue weighted by Crippen LogP contribution is -2.28. The van der Waals surface area contributed by atoms with E-state index in [-0.39, 0.29) is 23.9 Å². The molecule has 2 aromatic heterocycles. The Bertz CT molecular complexity index is 1350. The summed E-state index contributed by atoms with van der Waals surface area (Å²) in [4.78, 5) is 35.3. The Morgan fingerprint density at radius 2 is 1.91 bits per heavy atom. The Balaban J connectivity index is 1.76. The third kappa shape index (κ3) is 3.82. The number of hydrogen-bond donors (Lipinski definition) is 0. The first-order chi connectivity index (χ1) is 15.5. The lowest BCUT2D eigenvalue weighted by atomic mass is 10.1. The Labute approximate surface area is 185 Å². The number of terminal acetylenes is 1. The molecule has 4 aromatic rings. The number of methoxy groups -OCH3 is 1. The predicted octanol–water partition coefficient (Wildman–Crippen LogP) is 3.62. The summed E-state index contributed by atoms with van der Waals surface area (Å²) in [7, 11) is 1.57. The van der Waals surface area contributed by atoms with Gasteiger partial charge in [0, 0.05) is 29.9 Å². The predicted molar refractivity (Wildman–Crippen MR) is 122 cm³/mol. The van der Waals surface area contributed by atoms with E-state index >= 15 is 0 Å². The molecule has 0 N–H and O–H groups in total. The van der Waals surface area contributed by atoms with Gasteiger partial charge < -0.3 is 9.64 Å². The van der Waals surface area contributed by atoms with Gasteiger partial charge in [0.1, 0.15) is 12.1 Å². The van der Waals surface area contributed by atoms with Crippen LogP contribution in [0, 0.1) is 12.3 Å². The number of anilines is 1. The molecule has 2 heterocycles. The third-order valence-corrected chi connectivity index (χ3v) is 5.08. The molecule has 158 valence electrons. The zero-order chi connectivity index (χ0) is 22.7. The van der Waals surface area contributed by atoms with Gasteiger partial charge in [-0.2, -0.15) is 0 Å². The van der Waals surface area contributed by atoms with Crippen molar-refractivity contribution in [2.45, 2.75) is 6.92 Å². The van der Waals surface area contributed by atoms with Crippen molar-refractivity contribution in [3.63, 3.8) is 0 Å². The van der Waals surface area contributed by atoms with Crippen LogP contribution >= 0.6 is 0 Å². The first-order valence-corrected chi connectivity index (χ1v) is 9.86. The number of nitrogens with zero attached hydrogens (tertiary/aromatic N) is 4. The van der Waals surface area contributed by atoms with Gasteiger partial charge in [0.2, 0.25) is 11.7 Å². The van der Waals surface area contributed by atoms with Crippen LogP contribution in [-0.4, -0.2) is 39.7 Å². The molecule has 1 amide bonds. The summed E-state index contributed by atoms with van der Waals surface area (Å²) >= 11 is 0. The van der Waals surface area contributed by atoms with E-state index in [1.807, 2.05) is 30.3 Å². The number of carbonyl (C=O) groups is 2. The SMILES string of the molecule is C#CCN(C(C)=O)c1cccc(-c2ccnc3c(C(=O)c4ccc(OC)cc4)ncn23)c1. The van der Waals surface area contributed by atoms with Crippen LogP contribution in [0.5, 0.6) is 5.75 Å². The van der Waals surface area contributed by atoms with Crippen LogP contribution in [0.25, 0.3) is 16.9 Å². The highest BCUT2D eigenvalue weighted by Gasteiger charge is 2.19. The summed E-state index contributed by atoms with van der Waals surface area (Å²) in [6.45, 7) is 1.65. The molecule has 0 saturated carbocycles. The summed E-state index contributed by atoms with van der Waals surface area (Å²) in [5.41, 5.74) is 3.49. The number of carbonyl (C=O) groups excluding carboxylic acids is 2. The summed E-state index contributed by atoms with van der Waals surface area (Å²) in [5.74, 6) is 2.80. The minimum absolute atomic E-state index is 0.144. The number of fused-ring (bicyclic) bond motifs is 1. The molecule has 2 aromatic carbocycles. The second-order valence-corrected chi connectivity index (χ2v) is 7.03. The number of ketones is 1. The summed E-state index contributed by atoms with van der Waals surface area (Å²) in [5, 5.41) is 0. The second-order valence-electron chi connectivity index (χ2n) is 7.03. The topological polar surface area (TPSA) is 76.8 Å². The van der Waals surface area contributed by atoms with E-state index in [4.69, 9.17) is 11.2 Å². The number of rotatable bonds is 6. The van der Waals surface area contributed by atoms with Gasteiger partial charge in [-0.05, 0) is 42.5 Å². The highest BCUT2D eigenvalue weighted by Crippen LogP contribution is 2.26. The summed E-state index contributed by atoms with van der Waals surface area (Å²) < 4.78 is 6.91. The van der Waals surface area contributed by atoms with Gasteiger partial charge in [0.15, 0.2) is 11.3 Å². The molecule has 0 aliphatic rings. The fourth-order valence-corrected chi connectivity index (χ4v) is 3.48. The first kappa shape index (κ1) is 20.8. The van der Waals surface area contributed by atoms with E-state index in [9.17, 15) is 9.59 Å². The van der Waals surface area contributed by atoms with E-state index in [0.29, 0.717) is 22.6 Å². The van der Waals surface area contributed by atoms with E-state index in [2.05, 4.69) is 15.9 Å². The van der Waals surface area contributed by atoms with E-state index in [1.54, 1.807) is 48.3 Å². The fourth-order valence-electron chi connectivity index (χ4n) is 3.48. The smallest absolute Gasteiger partial charge is 0.224 e. The Hall–Kier alpha value is -4.44. The third-order valence-electron chi connectivity index (χ3n) is 5.08. The van der Waals surface area contributed by atoms with Crippen molar-refractivity contribution >= 4 is 23.0 Å². The monoisotopic (exact) mass is 424 g/mol. The average Bonchev–Trinajstić information content (AvgIpc) is 3.26. The fraction of sp³-hybridized carbons (Fsp3) is 0.120. The largest absolute Gasteiger partial charge is 0.497 e. The maximum atomic E-state index is 13.0. The van der Waals surface area contributed by atoms with Crippen molar-refractivity contribution < 1.29 is 14.3 Å². The van der Waals surface area contributed by atoms with Gasteiger partial charge in [0.05, 0.1) is 19.3 Å². The second kappa shape index (κ2) is 8.74. The number of hydrogen-bond acceptors (Lipinski definition) is 5. The van der Waals surface area contributed by atoms with E-state index in [0.717, 1.165) is 11.3 Å². The van der Waals surface area contributed by atoms with Crippen LogP contribution in [0.15, 0.2) is 67.1 Å². The molecule has 0 saturated heterocycles. The van der Waals surface area contributed by atoms with Gasteiger partial charge in [-0.25, -0.2) is 9.97 Å². The molecule has 0 fully saturated rings. The van der Waals surface area contributed by atoms with Crippen molar-refractivity contribution in [1.29, 1.82) is 0 Å². The molecule has 7 heteroatoms. The van der Waals surface area contributed by atoms with Gasteiger partial charge in [-0.3, -0.25) is 14.0 Å². The molecule has 0 spiro atoms. The molecule has 0 aliphatic carbocycles. The van der Waals surface area contributed by atoms with E-state index in [1.165, 1.54) is 11.8 Å². The summed E-state index contributed by atoms with van der Waals surface area (Å²) in [6.07, 6.45) is 8.63. The number of imidazole rings is 1. The minimum Gasteiger partial charge on any atom is -0.497 e. The van der Waals surface area contributed by atoms with Gasteiger partial charge >= 0.3 is 0 Å². The van der Waals surface area contributed by atoms with Gasteiger partial charge in [-0.1, -0.05) is 18.1 Å². The van der Waals surface area contributed by atoms with Gasteiger partial charge in [0.25, 0.3) is 0 Å². The molecule has 0 bridgehead atoms. The lowest BCUT2D eigenvalue weighted by molar-refractivity contribution is -0.116. The lowest BCUT2D eigenvalue weighted by Gasteiger charge is -2.19. The molecule has 0 atom stereocenters. The normalized spacial score (nSPS) is 10.5.